The first-order valence-corrected chi connectivity index (χ1v) is 29.4. The number of carbonyl (C=O) groups excluding carboxylic acids is 2. The van der Waals surface area contributed by atoms with Gasteiger partial charge in [0.1, 0.15) is 0 Å². The van der Waals surface area contributed by atoms with Crippen molar-refractivity contribution in [3.8, 4) is 0 Å². The van der Waals surface area contributed by atoms with Crippen LogP contribution in [-0.4, -0.2) is 47.4 Å². The molecular formula is C59H115NO5. The highest BCUT2D eigenvalue weighted by Gasteiger charge is 2.20. The molecule has 0 aliphatic heterocycles. The van der Waals surface area contributed by atoms with Gasteiger partial charge in [-0.05, 0) is 51.4 Å². The third kappa shape index (κ3) is 51.8. The van der Waals surface area contributed by atoms with Gasteiger partial charge in [0.2, 0.25) is 5.91 Å². The SMILES string of the molecule is CCCCCCCCCCCCCCCCCCCCCCCCCC(O)C(CO)NC(=O)CCCCC/C=C\CCCCCCCCOC(=O)CCCCCCCCCCCCCC. The smallest absolute Gasteiger partial charge is 0.305 e. The Labute approximate surface area is 406 Å². The highest BCUT2D eigenvalue weighted by Crippen LogP contribution is 2.18. The van der Waals surface area contributed by atoms with Crippen LogP contribution in [-0.2, 0) is 14.3 Å². The van der Waals surface area contributed by atoms with E-state index in [9.17, 15) is 19.8 Å². The van der Waals surface area contributed by atoms with E-state index >= 15 is 0 Å². The quantitative estimate of drug-likeness (QED) is 0.0321. The van der Waals surface area contributed by atoms with Gasteiger partial charge in [-0.25, -0.2) is 0 Å². The van der Waals surface area contributed by atoms with Gasteiger partial charge in [0.15, 0.2) is 0 Å². The van der Waals surface area contributed by atoms with E-state index in [1.165, 1.54) is 225 Å². The molecule has 0 fully saturated rings. The Hall–Kier alpha value is -1.40. The van der Waals surface area contributed by atoms with Crippen molar-refractivity contribution < 1.29 is 24.5 Å². The predicted molar refractivity (Wildman–Crippen MR) is 283 cm³/mol. The molecule has 386 valence electrons. The normalized spacial score (nSPS) is 12.6. The molecule has 65 heavy (non-hydrogen) atoms. The Balaban J connectivity index is 3.48. The fourth-order valence-corrected chi connectivity index (χ4v) is 9.28. The number of carbonyl (C=O) groups is 2. The molecule has 0 spiro atoms. The van der Waals surface area contributed by atoms with Crippen LogP contribution in [0.15, 0.2) is 12.2 Å². The average molecular weight is 919 g/mol. The summed E-state index contributed by atoms with van der Waals surface area (Å²) in [6, 6.07) is -0.562. The van der Waals surface area contributed by atoms with Crippen molar-refractivity contribution in [3.05, 3.63) is 12.2 Å². The molecule has 0 aromatic carbocycles. The number of hydrogen-bond acceptors (Lipinski definition) is 5. The monoisotopic (exact) mass is 918 g/mol. The molecule has 2 atom stereocenters. The lowest BCUT2D eigenvalue weighted by Crippen LogP contribution is -2.45. The maximum absolute atomic E-state index is 12.5. The molecule has 0 bridgehead atoms. The molecule has 0 saturated heterocycles. The van der Waals surface area contributed by atoms with Crippen LogP contribution < -0.4 is 5.32 Å². The van der Waals surface area contributed by atoms with Crippen molar-refractivity contribution in [3.63, 3.8) is 0 Å². The van der Waals surface area contributed by atoms with E-state index in [-0.39, 0.29) is 18.5 Å². The molecule has 0 saturated carbocycles. The molecule has 0 aromatic heterocycles. The van der Waals surface area contributed by atoms with E-state index in [2.05, 4.69) is 31.3 Å². The Bertz CT molecular complexity index is 970. The second-order valence-electron chi connectivity index (χ2n) is 20.3. The number of allylic oxidation sites excluding steroid dienone is 2. The Morgan fingerprint density at radius 3 is 1.11 bits per heavy atom. The van der Waals surface area contributed by atoms with E-state index in [0.29, 0.717) is 25.9 Å². The number of unbranched alkanes of at least 4 members (excludes halogenated alkanes) is 42. The summed E-state index contributed by atoms with van der Waals surface area (Å²) in [5, 5.41) is 23.3. The highest BCUT2D eigenvalue weighted by atomic mass is 16.5. The summed E-state index contributed by atoms with van der Waals surface area (Å²) in [4.78, 5) is 24.5. The minimum atomic E-state index is -0.681. The summed E-state index contributed by atoms with van der Waals surface area (Å²) < 4.78 is 5.45. The van der Waals surface area contributed by atoms with Crippen LogP contribution in [0.25, 0.3) is 0 Å². The standard InChI is InChI=1S/C59H115NO5/c1-3-5-7-9-11-13-15-17-18-19-20-21-22-23-24-25-26-28-31-35-39-43-47-51-57(62)56(55-61)60-58(63)52-48-44-40-36-32-29-27-30-34-38-42-46-50-54-65-59(64)53-49-45-41-37-33-16-14-12-10-8-6-4-2/h29,32,56-57,61-62H,3-28,30-31,33-55H2,1-2H3,(H,60,63)/b32-29-. The van der Waals surface area contributed by atoms with Crippen LogP contribution in [0, 0.1) is 0 Å². The summed E-state index contributed by atoms with van der Waals surface area (Å²) in [5.41, 5.74) is 0. The van der Waals surface area contributed by atoms with Crippen molar-refractivity contribution in [1.82, 2.24) is 5.32 Å². The van der Waals surface area contributed by atoms with E-state index < -0.39 is 12.1 Å². The fraction of sp³-hybridized carbons (Fsp3) is 0.932. The van der Waals surface area contributed by atoms with E-state index in [4.69, 9.17) is 4.74 Å². The number of ether oxygens (including phenoxy) is 1. The number of aliphatic hydroxyl groups excluding tert-OH is 2. The molecule has 0 aliphatic rings. The maximum atomic E-state index is 12.5. The van der Waals surface area contributed by atoms with Crippen LogP contribution in [0.1, 0.15) is 328 Å². The highest BCUT2D eigenvalue weighted by molar-refractivity contribution is 5.76. The minimum absolute atomic E-state index is 0.0109. The maximum Gasteiger partial charge on any atom is 0.305 e. The van der Waals surface area contributed by atoms with Gasteiger partial charge >= 0.3 is 5.97 Å². The van der Waals surface area contributed by atoms with Crippen molar-refractivity contribution >= 4 is 11.9 Å². The zero-order chi connectivity index (χ0) is 47.2. The lowest BCUT2D eigenvalue weighted by atomic mass is 10.0. The van der Waals surface area contributed by atoms with Gasteiger partial charge in [0.25, 0.3) is 0 Å². The first-order valence-electron chi connectivity index (χ1n) is 29.4. The number of aliphatic hydroxyl groups is 2. The molecule has 6 nitrogen and oxygen atoms in total. The molecule has 1 amide bonds. The van der Waals surface area contributed by atoms with E-state index in [1.54, 1.807) is 0 Å². The summed E-state index contributed by atoms with van der Waals surface area (Å²) in [7, 11) is 0. The molecule has 0 heterocycles. The third-order valence-corrected chi connectivity index (χ3v) is 13.8. The van der Waals surface area contributed by atoms with Crippen LogP contribution in [0.2, 0.25) is 0 Å². The second kappa shape index (κ2) is 55.2. The first-order chi connectivity index (χ1) is 32.0. The molecule has 0 radical (unpaired) electrons. The number of amides is 1. The Morgan fingerprint density at radius 1 is 0.415 bits per heavy atom. The summed E-state index contributed by atoms with van der Waals surface area (Å²) >= 11 is 0. The van der Waals surface area contributed by atoms with Crippen molar-refractivity contribution in [1.29, 1.82) is 0 Å². The largest absolute Gasteiger partial charge is 0.466 e. The number of hydrogen-bond donors (Lipinski definition) is 3. The van der Waals surface area contributed by atoms with Gasteiger partial charge in [-0.15, -0.1) is 0 Å². The Kier molecular flexibility index (Phi) is 54.0. The van der Waals surface area contributed by atoms with Gasteiger partial charge in [-0.3, -0.25) is 9.59 Å². The van der Waals surface area contributed by atoms with Gasteiger partial charge in [-0.1, -0.05) is 276 Å². The molecule has 0 rings (SSSR count). The van der Waals surface area contributed by atoms with E-state index in [1.807, 2.05) is 0 Å². The van der Waals surface area contributed by atoms with Crippen molar-refractivity contribution in [2.45, 2.75) is 341 Å². The minimum Gasteiger partial charge on any atom is -0.466 e. The molecule has 6 heteroatoms. The molecule has 0 aromatic rings. The predicted octanol–water partition coefficient (Wildman–Crippen LogP) is 18.1. The van der Waals surface area contributed by atoms with Gasteiger partial charge < -0.3 is 20.3 Å². The van der Waals surface area contributed by atoms with Crippen LogP contribution in [0.4, 0.5) is 0 Å². The van der Waals surface area contributed by atoms with Gasteiger partial charge in [-0.2, -0.15) is 0 Å². The van der Waals surface area contributed by atoms with Crippen molar-refractivity contribution in [2.24, 2.45) is 0 Å². The summed E-state index contributed by atoms with van der Waals surface area (Å²) in [6.45, 7) is 4.93. The zero-order valence-electron chi connectivity index (χ0n) is 44.0. The van der Waals surface area contributed by atoms with Gasteiger partial charge in [0, 0.05) is 12.8 Å². The van der Waals surface area contributed by atoms with Crippen LogP contribution in [0.5, 0.6) is 0 Å². The van der Waals surface area contributed by atoms with Gasteiger partial charge in [0.05, 0.1) is 25.4 Å². The summed E-state index contributed by atoms with van der Waals surface area (Å²) in [5.74, 6) is -0.0720. The van der Waals surface area contributed by atoms with Crippen molar-refractivity contribution in [2.75, 3.05) is 13.2 Å². The third-order valence-electron chi connectivity index (χ3n) is 13.8. The molecular weight excluding hydrogens is 803 g/mol. The number of nitrogens with one attached hydrogen (secondary N) is 1. The zero-order valence-corrected chi connectivity index (χ0v) is 44.0. The van der Waals surface area contributed by atoms with Crippen LogP contribution >= 0.6 is 0 Å². The second-order valence-corrected chi connectivity index (χ2v) is 20.3. The molecule has 0 aliphatic carbocycles. The lowest BCUT2D eigenvalue weighted by Gasteiger charge is -2.22. The van der Waals surface area contributed by atoms with Crippen LogP contribution in [0.3, 0.4) is 0 Å². The number of esters is 1. The van der Waals surface area contributed by atoms with E-state index in [0.717, 1.165) is 70.6 Å². The first kappa shape index (κ1) is 63.6. The Morgan fingerprint density at radius 2 is 0.723 bits per heavy atom. The average Bonchev–Trinajstić information content (AvgIpc) is 3.31. The topological polar surface area (TPSA) is 95.9 Å². The lowest BCUT2D eigenvalue weighted by molar-refractivity contribution is -0.143. The molecule has 2 unspecified atom stereocenters. The number of rotatable bonds is 55. The fourth-order valence-electron chi connectivity index (χ4n) is 9.28. The summed E-state index contributed by atoms with van der Waals surface area (Å²) in [6.07, 6.45) is 64.9. The molecule has 3 N–H and O–H groups in total.